The Morgan fingerprint density at radius 1 is 0.632 bits per heavy atom. The van der Waals surface area contributed by atoms with Gasteiger partial charge in [-0.2, -0.15) is 21.8 Å². The second kappa shape index (κ2) is 47.9. The number of sulfonamides is 2. The Balaban J connectivity index is 0.000000139. The number of aromatic amines is 1. The maximum absolute atomic E-state index is 14.5. The molecular formula is C101H106F5N17O9S4. The maximum atomic E-state index is 14.5. The molecule has 4 aliphatic rings. The molecule has 4 amide bonds. The third-order valence-electron chi connectivity index (χ3n) is 23.5. The summed E-state index contributed by atoms with van der Waals surface area (Å²) in [7, 11) is -7.14. The number of nitrogens with zero attached hydrogens (tertiary/aromatic N) is 9. The number of thiazole rings is 2. The topological polar surface area (TPSA) is 364 Å². The Labute approximate surface area is 794 Å². The average Bonchev–Trinajstić information content (AvgIpc) is 1.06. The number of pyridine rings is 3. The highest BCUT2D eigenvalue weighted by Crippen LogP contribution is 2.41. The zero-order chi connectivity index (χ0) is 96.3. The van der Waals surface area contributed by atoms with Crippen molar-refractivity contribution in [2.24, 2.45) is 17.6 Å². The first kappa shape index (κ1) is 100. The van der Waals surface area contributed by atoms with Crippen LogP contribution in [0.4, 0.5) is 48.5 Å². The third-order valence-corrected chi connectivity index (χ3v) is 29.1. The Hall–Kier alpha value is -13.1. The number of alkyl halides is 3. The SMILES string of the molecule is CC(N)C1CCC(C(=O)Nc2ccncc2)CC1.CC1=C(C(=O)Cc2cc3cc[nH]c3cc2F)C(c2ccc(C(F)(F)F)cc2)CC(=O)C1.C[C@H]1CNCCCN1S(=O)(=O)c1cccc2cccc(F)c12.Cc1cccc(CNC(=O)Nc2nc(-c3ccncc3)cs2)c1.O=C(NCc1ccccc1)c1csc(Nc2ccncn2)n1.O=S(=O)(c1cccc2cnccc12)N1CCCCCC1. The molecule has 26 nitrogen and oxygen atoms in total. The number of rotatable bonds is 20. The van der Waals surface area contributed by atoms with E-state index in [2.05, 4.69) is 78.7 Å². The number of nitrogens with one attached hydrogen (secondary N) is 7. The number of anilines is 4. The Morgan fingerprint density at radius 2 is 1.30 bits per heavy atom. The Bertz CT molecular complexity index is 6660. The molecule has 0 spiro atoms. The van der Waals surface area contributed by atoms with Crippen LogP contribution in [0.3, 0.4) is 0 Å². The van der Waals surface area contributed by atoms with Crippen LogP contribution in [0, 0.1) is 30.4 Å². The molecule has 708 valence electrons. The summed E-state index contributed by atoms with van der Waals surface area (Å²) in [5.74, 6) is -0.793. The highest BCUT2D eigenvalue weighted by atomic mass is 32.2. The van der Waals surface area contributed by atoms with Gasteiger partial charge < -0.3 is 37.3 Å². The number of hydrogen-bond donors (Lipinski definition) is 8. The molecule has 3 fully saturated rings. The number of allylic oxidation sites excluding steroid dienone is 2. The van der Waals surface area contributed by atoms with Crippen LogP contribution < -0.4 is 37.6 Å². The molecule has 18 rings (SSSR count). The molecule has 1 saturated carbocycles. The van der Waals surface area contributed by atoms with Crippen molar-refractivity contribution >= 4 is 126 Å². The lowest BCUT2D eigenvalue weighted by Crippen LogP contribution is -2.41. The highest BCUT2D eigenvalue weighted by molar-refractivity contribution is 7.89. The van der Waals surface area contributed by atoms with Gasteiger partial charge in [0.25, 0.3) is 5.91 Å². The van der Waals surface area contributed by atoms with E-state index in [1.807, 2.05) is 104 Å². The average molecular weight is 1930 g/mol. The zero-order valence-corrected chi connectivity index (χ0v) is 78.6. The molecule has 9 N–H and O–H groups in total. The Morgan fingerprint density at radius 3 is 2.01 bits per heavy atom. The molecule has 9 heterocycles. The van der Waals surface area contributed by atoms with E-state index in [-0.39, 0.29) is 82.5 Å². The van der Waals surface area contributed by atoms with Crippen molar-refractivity contribution in [2.75, 3.05) is 48.7 Å². The largest absolute Gasteiger partial charge is 0.416 e. The second-order valence-electron chi connectivity index (χ2n) is 33.4. The fourth-order valence-corrected chi connectivity index (χ4v) is 21.5. The van der Waals surface area contributed by atoms with Gasteiger partial charge in [0.2, 0.25) is 26.0 Å². The smallest absolute Gasteiger partial charge is 0.361 e. The third kappa shape index (κ3) is 27.6. The molecule has 136 heavy (non-hydrogen) atoms. The number of Topliss-reactive ketones (excluding diaryl/α,β-unsaturated/α-hetero) is 2. The molecule has 3 atom stereocenters. The van der Waals surface area contributed by atoms with Gasteiger partial charge in [-0.1, -0.05) is 127 Å². The summed E-state index contributed by atoms with van der Waals surface area (Å²) in [6.07, 6.45) is 19.3. The number of aromatic nitrogens is 8. The van der Waals surface area contributed by atoms with E-state index in [1.165, 1.54) is 69.2 Å². The number of nitrogens with two attached hydrogens (primary N) is 1. The number of benzene rings is 7. The molecule has 7 aromatic carbocycles. The number of fused-ring (bicyclic) bond motifs is 3. The summed E-state index contributed by atoms with van der Waals surface area (Å²) in [4.78, 5) is 93.4. The number of aryl methyl sites for hydroxylation is 1. The van der Waals surface area contributed by atoms with E-state index in [0.29, 0.717) is 99.5 Å². The van der Waals surface area contributed by atoms with Crippen molar-refractivity contribution in [1.29, 1.82) is 0 Å². The summed E-state index contributed by atoms with van der Waals surface area (Å²) in [6, 6.07) is 52.6. The van der Waals surface area contributed by atoms with E-state index in [9.17, 15) is 62.8 Å². The van der Waals surface area contributed by atoms with Crippen LogP contribution in [-0.2, 0) is 60.1 Å². The van der Waals surface area contributed by atoms with Crippen LogP contribution in [0.2, 0.25) is 0 Å². The van der Waals surface area contributed by atoms with Gasteiger partial charge in [-0.05, 0) is 203 Å². The van der Waals surface area contributed by atoms with Crippen molar-refractivity contribution in [3.05, 3.63) is 317 Å². The molecule has 0 radical (unpaired) electrons. The van der Waals surface area contributed by atoms with E-state index >= 15 is 0 Å². The van der Waals surface area contributed by atoms with Crippen LogP contribution in [0.5, 0.6) is 0 Å². The number of hydrogen-bond acceptors (Lipinski definition) is 21. The van der Waals surface area contributed by atoms with Crippen molar-refractivity contribution < 1.29 is 62.8 Å². The summed E-state index contributed by atoms with van der Waals surface area (Å²) >= 11 is 2.74. The second-order valence-corrected chi connectivity index (χ2v) is 38.9. The van der Waals surface area contributed by atoms with E-state index in [1.54, 1.807) is 127 Å². The monoisotopic (exact) mass is 1920 g/mol. The number of ketones is 2. The van der Waals surface area contributed by atoms with Crippen molar-refractivity contribution in [2.45, 2.75) is 152 Å². The number of urea groups is 1. The number of amides is 4. The first-order chi connectivity index (χ1) is 65.5. The van der Waals surface area contributed by atoms with Gasteiger partial charge in [-0.3, -0.25) is 39.4 Å². The summed E-state index contributed by atoms with van der Waals surface area (Å²) in [5.41, 5.74) is 13.7. The fourth-order valence-electron chi connectivity index (χ4n) is 16.4. The van der Waals surface area contributed by atoms with Gasteiger partial charge in [0.15, 0.2) is 16.0 Å². The molecule has 0 bridgehead atoms. The predicted octanol–water partition coefficient (Wildman–Crippen LogP) is 19.7. The fraction of sp³-hybridized carbons (Fsp3) is 0.287. The van der Waals surface area contributed by atoms with Crippen molar-refractivity contribution in [3.63, 3.8) is 0 Å². The summed E-state index contributed by atoms with van der Waals surface area (Å²) < 4.78 is 122. The van der Waals surface area contributed by atoms with Crippen LogP contribution in [0.1, 0.15) is 141 Å². The summed E-state index contributed by atoms with van der Waals surface area (Å²) in [6.45, 7) is 11.7. The molecule has 2 saturated heterocycles. The first-order valence-electron chi connectivity index (χ1n) is 44.7. The van der Waals surface area contributed by atoms with E-state index in [4.69, 9.17) is 5.73 Å². The Kier molecular flexibility index (Phi) is 35.3. The van der Waals surface area contributed by atoms with Gasteiger partial charge in [-0.15, -0.1) is 22.7 Å². The molecular weight excluding hydrogens is 1820 g/mol. The molecule has 14 aromatic rings. The number of halogens is 5. The van der Waals surface area contributed by atoms with Crippen molar-refractivity contribution in [1.82, 2.24) is 64.4 Å². The zero-order valence-electron chi connectivity index (χ0n) is 75.4. The maximum Gasteiger partial charge on any atom is 0.416 e. The standard InChI is InChI=1S/C24H19F4NO2.C17H16N4OS.C16H19FN2O2S.C15H13N5OS.C15H18N2O2S.C14H21N3O/c1-13-8-18(30)11-19(14-2-4-17(5-3-14)24(26,27)28)23(13)22(31)10-16-9-15-6-7-29-21(15)12-20(16)25;1-12-3-2-4-13(9-12)10-19-16(22)21-17-20-15(11-23-17)14-5-7-18-8-6-14;1-12-11-18-9-4-10-19(12)22(20,21)15-8-3-6-13-5-2-7-14(17)16(13)15;21-14(17-8-11-4-2-1-3-5-11)12-9-22-15(19-12)20-13-6-7-16-10-18-13;18-20(19,17-10-3-1-2-4-11-17)15-7-5-6-13-12-16-9-8-14(13)15;1-10(15)11-2-4-12(5-3-11)14(18)17-13-6-8-16-9-7-13/h2-7,9,12,19,29H,8,10-11H2,1H3;2-9,11H,10H2,1H3,(H2,19,20,21,22);2-3,5-8,12,18H,4,9-11H2,1H3;1-7,9-10H,8H2,(H,17,21)(H,16,18,19,20);5-9,12H,1-4,10-11H2;6-12H,2-5,15H2,1H3,(H,16,17,18)/t;;12-;;;/m..0.../s1. The predicted molar refractivity (Wildman–Crippen MR) is 521 cm³/mol. The van der Waals surface area contributed by atoms with Crippen LogP contribution in [0.25, 0.3) is 43.7 Å². The van der Waals surface area contributed by atoms with Gasteiger partial charge in [0.1, 0.15) is 35.3 Å². The number of H-pyrrole nitrogens is 1. The number of carbonyl (C=O) groups excluding carboxylic acids is 5. The molecule has 35 heteroatoms. The minimum atomic E-state index is -4.47. The molecule has 7 aromatic heterocycles. The van der Waals surface area contributed by atoms with Gasteiger partial charge >= 0.3 is 12.2 Å². The minimum absolute atomic E-state index is 0.0309. The first-order valence-corrected chi connectivity index (χ1v) is 49.3. The lowest BCUT2D eigenvalue weighted by atomic mass is 9.76. The van der Waals surface area contributed by atoms with E-state index < -0.39 is 49.3 Å². The van der Waals surface area contributed by atoms with Gasteiger partial charge in [0.05, 0.1) is 21.0 Å². The lowest BCUT2D eigenvalue weighted by Gasteiger charge is -2.29. The van der Waals surface area contributed by atoms with E-state index in [0.717, 1.165) is 121 Å². The normalized spacial score (nSPS) is 16.8. The van der Waals surface area contributed by atoms with Crippen LogP contribution in [0.15, 0.2) is 276 Å². The van der Waals surface area contributed by atoms with Crippen molar-refractivity contribution in [3.8, 4) is 11.3 Å². The van der Waals surface area contributed by atoms with Crippen LogP contribution in [-0.4, -0.2) is 140 Å². The van der Waals surface area contributed by atoms with Gasteiger partial charge in [0, 0.05) is 181 Å². The minimum Gasteiger partial charge on any atom is -0.361 e. The quantitative estimate of drug-likeness (QED) is 0.0329. The molecule has 2 aliphatic carbocycles. The van der Waals surface area contributed by atoms with Crippen LogP contribution >= 0.6 is 22.7 Å². The number of carbonyl (C=O) groups is 5. The molecule has 2 unspecified atom stereocenters. The van der Waals surface area contributed by atoms with Gasteiger partial charge in [-0.25, -0.2) is 50.3 Å². The molecule has 2 aliphatic heterocycles. The summed E-state index contributed by atoms with van der Waals surface area (Å²) in [5, 5.41) is 25.6. The lowest BCUT2D eigenvalue weighted by molar-refractivity contribution is -0.137. The highest BCUT2D eigenvalue weighted by Gasteiger charge is 2.37.